The Balaban J connectivity index is 1.60. The Morgan fingerprint density at radius 2 is 2.04 bits per heavy atom. The molecule has 5 heteroatoms. The summed E-state index contributed by atoms with van der Waals surface area (Å²) in [5.41, 5.74) is 2.47. The Bertz CT molecular complexity index is 724. The minimum Gasteiger partial charge on any atom is -0.347 e. The smallest absolute Gasteiger partial charge is 0.230 e. The van der Waals surface area contributed by atoms with Crippen LogP contribution in [0, 0.1) is 13.8 Å². The van der Waals surface area contributed by atoms with E-state index in [1.807, 2.05) is 11.3 Å². The summed E-state index contributed by atoms with van der Waals surface area (Å²) in [6.07, 6.45) is 2.58. The maximum absolute atomic E-state index is 12.6. The third kappa shape index (κ3) is 4.90. The van der Waals surface area contributed by atoms with Crippen molar-refractivity contribution in [3.05, 3.63) is 51.7 Å². The summed E-state index contributed by atoms with van der Waals surface area (Å²) in [6.45, 7) is 8.78. The molecule has 1 aromatic heterocycles. The molecule has 2 atom stereocenters. The molecule has 0 aliphatic carbocycles. The summed E-state index contributed by atoms with van der Waals surface area (Å²) in [5.74, 6) is 0.602. The van der Waals surface area contributed by atoms with E-state index in [1.165, 1.54) is 46.8 Å². The Kier molecular flexibility index (Phi) is 6.79. The number of benzene rings is 1. The predicted octanol–water partition coefficient (Wildman–Crippen LogP) is 3.38. The maximum Gasteiger partial charge on any atom is 0.230 e. The first-order chi connectivity index (χ1) is 12.5. The lowest BCUT2D eigenvalue weighted by Gasteiger charge is -2.29. The van der Waals surface area contributed by atoms with Crippen molar-refractivity contribution in [3.8, 4) is 0 Å². The second-order valence-electron chi connectivity index (χ2n) is 7.27. The zero-order valence-corrected chi connectivity index (χ0v) is 17.5. The van der Waals surface area contributed by atoms with Crippen molar-refractivity contribution in [2.45, 2.75) is 50.6 Å². The van der Waals surface area contributed by atoms with Gasteiger partial charge < -0.3 is 10.2 Å². The van der Waals surface area contributed by atoms with Gasteiger partial charge in [0.2, 0.25) is 5.91 Å². The molecular weight excluding hydrogens is 360 g/mol. The Morgan fingerprint density at radius 3 is 2.73 bits per heavy atom. The highest BCUT2D eigenvalue weighted by Crippen LogP contribution is 2.24. The minimum absolute atomic E-state index is 0.128. The first-order valence-electron chi connectivity index (χ1n) is 9.42. The molecule has 1 aliphatic heterocycles. The summed E-state index contributed by atoms with van der Waals surface area (Å²) < 4.78 is 0. The minimum atomic E-state index is 0.128. The second-order valence-corrected chi connectivity index (χ2v) is 9.27. The molecule has 0 saturated carbocycles. The monoisotopic (exact) mass is 389 g/mol. The van der Waals surface area contributed by atoms with Gasteiger partial charge in [0.15, 0.2) is 0 Å². The number of hydrogen-bond donors (Lipinski definition) is 2. The quantitative estimate of drug-likeness (QED) is 0.712. The van der Waals surface area contributed by atoms with Gasteiger partial charge in [-0.3, -0.25) is 4.79 Å². The molecule has 1 fully saturated rings. The van der Waals surface area contributed by atoms with Gasteiger partial charge in [-0.25, -0.2) is 0 Å². The number of carbonyl (C=O) groups excluding carboxylic acids is 1. The average molecular weight is 390 g/mol. The highest BCUT2D eigenvalue weighted by atomic mass is 32.2. The molecule has 2 heterocycles. The molecule has 1 aromatic carbocycles. The molecule has 0 radical (unpaired) electrons. The van der Waals surface area contributed by atoms with Crippen LogP contribution in [0.1, 0.15) is 41.8 Å². The summed E-state index contributed by atoms with van der Waals surface area (Å²) in [4.78, 5) is 16.8. The van der Waals surface area contributed by atoms with E-state index in [-0.39, 0.29) is 11.9 Å². The number of amides is 1. The van der Waals surface area contributed by atoms with Gasteiger partial charge in [0, 0.05) is 17.7 Å². The molecule has 0 bridgehead atoms. The van der Waals surface area contributed by atoms with Crippen LogP contribution in [0.4, 0.5) is 0 Å². The van der Waals surface area contributed by atoms with E-state index in [1.54, 1.807) is 16.7 Å². The van der Waals surface area contributed by atoms with Crippen LogP contribution >= 0.6 is 23.1 Å². The fraction of sp³-hybridized carbons (Fsp3) is 0.476. The van der Waals surface area contributed by atoms with Gasteiger partial charge in [0.05, 0.1) is 29.8 Å². The zero-order chi connectivity index (χ0) is 18.5. The van der Waals surface area contributed by atoms with Crippen LogP contribution in [0.5, 0.6) is 0 Å². The summed E-state index contributed by atoms with van der Waals surface area (Å²) >= 11 is 3.45. The average Bonchev–Trinajstić information content (AvgIpc) is 3.30. The summed E-state index contributed by atoms with van der Waals surface area (Å²) in [7, 11) is 0. The normalized spacial score (nSPS) is 17.2. The SMILES string of the molecule is Cc1ccc(C)c(SCC(=O)N[C@H](C)[C@H](c2cccs2)[NH+]2CCCC2)c1. The molecule has 140 valence electrons. The van der Waals surface area contributed by atoms with E-state index >= 15 is 0 Å². The van der Waals surface area contributed by atoms with Crippen molar-refractivity contribution in [1.29, 1.82) is 0 Å². The van der Waals surface area contributed by atoms with Crippen LogP contribution in [0.25, 0.3) is 0 Å². The van der Waals surface area contributed by atoms with Crippen LogP contribution < -0.4 is 10.2 Å². The molecule has 0 spiro atoms. The Morgan fingerprint density at radius 1 is 1.27 bits per heavy atom. The van der Waals surface area contributed by atoms with Crippen LogP contribution in [0.3, 0.4) is 0 Å². The van der Waals surface area contributed by atoms with E-state index in [0.717, 1.165) is 0 Å². The number of thiophene rings is 1. The Labute approximate surface area is 165 Å². The zero-order valence-electron chi connectivity index (χ0n) is 15.9. The van der Waals surface area contributed by atoms with Crippen LogP contribution in [0.15, 0.2) is 40.6 Å². The van der Waals surface area contributed by atoms with Crippen LogP contribution in [-0.2, 0) is 4.79 Å². The number of hydrogen-bond acceptors (Lipinski definition) is 3. The molecule has 3 nitrogen and oxygen atoms in total. The second kappa shape index (κ2) is 9.07. The molecule has 1 amide bonds. The van der Waals surface area contributed by atoms with Crippen molar-refractivity contribution in [1.82, 2.24) is 5.32 Å². The fourth-order valence-corrected chi connectivity index (χ4v) is 5.72. The van der Waals surface area contributed by atoms with E-state index in [9.17, 15) is 4.79 Å². The predicted molar refractivity (Wildman–Crippen MR) is 111 cm³/mol. The van der Waals surface area contributed by atoms with E-state index < -0.39 is 0 Å². The van der Waals surface area contributed by atoms with Gasteiger partial charge in [-0.05, 0) is 43.8 Å². The number of nitrogens with one attached hydrogen (secondary N) is 2. The molecule has 3 rings (SSSR count). The molecule has 2 N–H and O–H groups in total. The van der Waals surface area contributed by atoms with E-state index in [4.69, 9.17) is 0 Å². The molecule has 2 aromatic rings. The fourth-order valence-electron chi connectivity index (χ4n) is 3.79. The lowest BCUT2D eigenvalue weighted by atomic mass is 10.1. The van der Waals surface area contributed by atoms with Crippen molar-refractivity contribution >= 4 is 29.0 Å². The molecule has 26 heavy (non-hydrogen) atoms. The number of quaternary nitrogens is 1. The van der Waals surface area contributed by atoms with Crippen molar-refractivity contribution in [3.63, 3.8) is 0 Å². The summed E-state index contributed by atoms with van der Waals surface area (Å²) in [6, 6.07) is 11.3. The first kappa shape index (κ1) is 19.5. The summed E-state index contributed by atoms with van der Waals surface area (Å²) in [5, 5.41) is 5.42. The van der Waals surface area contributed by atoms with Gasteiger partial charge in [0.25, 0.3) is 0 Å². The topological polar surface area (TPSA) is 33.5 Å². The van der Waals surface area contributed by atoms with Crippen molar-refractivity contribution in [2.75, 3.05) is 18.8 Å². The third-order valence-electron chi connectivity index (χ3n) is 5.13. The van der Waals surface area contributed by atoms with Gasteiger partial charge in [-0.15, -0.1) is 23.1 Å². The van der Waals surface area contributed by atoms with E-state index in [2.05, 4.69) is 61.8 Å². The van der Waals surface area contributed by atoms with E-state index in [0.29, 0.717) is 11.8 Å². The van der Waals surface area contributed by atoms with Crippen molar-refractivity contribution in [2.24, 2.45) is 0 Å². The van der Waals surface area contributed by atoms with Crippen molar-refractivity contribution < 1.29 is 9.69 Å². The van der Waals surface area contributed by atoms with Gasteiger partial charge >= 0.3 is 0 Å². The highest BCUT2D eigenvalue weighted by Gasteiger charge is 2.33. The number of thioether (sulfide) groups is 1. The van der Waals surface area contributed by atoms with Crippen LogP contribution in [0.2, 0.25) is 0 Å². The third-order valence-corrected chi connectivity index (χ3v) is 7.24. The molecule has 1 aliphatic rings. The number of aryl methyl sites for hydroxylation is 2. The molecule has 1 saturated heterocycles. The molecular formula is C21H29N2OS2+. The highest BCUT2D eigenvalue weighted by molar-refractivity contribution is 8.00. The van der Waals surface area contributed by atoms with Gasteiger partial charge in [-0.2, -0.15) is 0 Å². The van der Waals surface area contributed by atoms with Crippen LogP contribution in [-0.4, -0.2) is 30.8 Å². The standard InChI is InChI=1S/C21H28N2OS2/c1-15-8-9-16(2)19(13-15)26-14-20(24)22-17(3)21(18-7-6-12-25-18)23-10-4-5-11-23/h6-9,12-13,17,21H,4-5,10-11,14H2,1-3H3,(H,22,24)/p+1/t17-,21-/m1/s1. The lowest BCUT2D eigenvalue weighted by molar-refractivity contribution is -0.920. The van der Waals surface area contributed by atoms with Gasteiger partial charge in [-0.1, -0.05) is 23.8 Å². The lowest BCUT2D eigenvalue weighted by Crippen LogP contribution is -3.11. The Hall–Kier alpha value is -1.30. The maximum atomic E-state index is 12.6. The number of rotatable bonds is 7. The first-order valence-corrected chi connectivity index (χ1v) is 11.3. The number of likely N-dealkylation sites (tertiary alicyclic amines) is 1. The number of carbonyl (C=O) groups is 1. The largest absolute Gasteiger partial charge is 0.347 e. The molecule has 0 unspecified atom stereocenters. The van der Waals surface area contributed by atoms with Gasteiger partial charge in [0.1, 0.15) is 6.04 Å².